The van der Waals surface area contributed by atoms with Gasteiger partial charge in [0.1, 0.15) is 0 Å². The third-order valence-corrected chi connectivity index (χ3v) is 3.04. The number of hydrogen-bond acceptors (Lipinski definition) is 4. The fourth-order valence-corrected chi connectivity index (χ4v) is 2.15. The van der Waals surface area contributed by atoms with Crippen molar-refractivity contribution in [3.05, 3.63) is 18.2 Å². The minimum atomic E-state index is 0.939. The molecule has 0 unspecified atom stereocenters. The van der Waals surface area contributed by atoms with Gasteiger partial charge in [-0.3, -0.25) is 0 Å². The van der Waals surface area contributed by atoms with E-state index in [2.05, 4.69) is 40.7 Å². The second-order valence-corrected chi connectivity index (χ2v) is 4.01. The Bertz CT molecular complexity index is 436. The lowest BCUT2D eigenvalue weighted by Gasteiger charge is -2.00. The quantitative estimate of drug-likeness (QED) is 0.812. The number of nitrogens with zero attached hydrogens (tertiary/aromatic N) is 1. The topological polar surface area (TPSA) is 37.0 Å². The third-order valence-electron chi connectivity index (χ3n) is 1.98. The highest BCUT2D eigenvalue weighted by Crippen LogP contribution is 2.27. The molecule has 4 heteroatoms. The lowest BCUT2D eigenvalue weighted by molar-refractivity contribution is 1.21. The molecule has 0 aliphatic carbocycles. The third kappa shape index (κ3) is 1.65. The van der Waals surface area contributed by atoms with Crippen molar-refractivity contribution in [3.63, 3.8) is 0 Å². The smallest absolute Gasteiger partial charge is 0.183 e. The van der Waals surface area contributed by atoms with Gasteiger partial charge in [0, 0.05) is 19.3 Å². The molecule has 0 fully saturated rings. The summed E-state index contributed by atoms with van der Waals surface area (Å²) < 4.78 is 1.22. The fourth-order valence-electron chi connectivity index (χ4n) is 1.35. The zero-order valence-corrected chi connectivity index (χ0v) is 9.11. The number of rotatable bonds is 3. The van der Waals surface area contributed by atoms with E-state index in [1.807, 2.05) is 7.05 Å². The van der Waals surface area contributed by atoms with Gasteiger partial charge in [0.15, 0.2) is 5.13 Å². The Balaban J connectivity index is 2.43. The molecule has 1 aromatic carbocycles. The molecule has 2 N–H and O–H groups in total. The summed E-state index contributed by atoms with van der Waals surface area (Å²) in [4.78, 5) is 4.44. The molecule has 0 amide bonds. The Kier molecular flexibility index (Phi) is 2.54. The molecule has 0 aliphatic heterocycles. The highest BCUT2D eigenvalue weighted by Gasteiger charge is 2.02. The molecule has 0 atom stereocenters. The SMILES string of the molecule is CCNc1ccc2sc(NC)nc2c1. The first-order valence-corrected chi connectivity index (χ1v) is 5.47. The average Bonchev–Trinajstić information content (AvgIpc) is 2.60. The van der Waals surface area contributed by atoms with Gasteiger partial charge in [-0.05, 0) is 25.1 Å². The lowest BCUT2D eigenvalue weighted by Crippen LogP contribution is -1.95. The number of fused-ring (bicyclic) bond motifs is 1. The molecule has 1 heterocycles. The molecular weight excluding hydrogens is 194 g/mol. The second-order valence-electron chi connectivity index (χ2n) is 2.98. The van der Waals surface area contributed by atoms with Gasteiger partial charge in [-0.25, -0.2) is 4.98 Å². The van der Waals surface area contributed by atoms with Crippen LogP contribution in [0.3, 0.4) is 0 Å². The maximum atomic E-state index is 4.44. The predicted octanol–water partition coefficient (Wildman–Crippen LogP) is 2.77. The molecule has 0 saturated heterocycles. The van der Waals surface area contributed by atoms with Crippen LogP contribution in [0.2, 0.25) is 0 Å². The summed E-state index contributed by atoms with van der Waals surface area (Å²) in [5, 5.41) is 7.29. The molecule has 0 radical (unpaired) electrons. The van der Waals surface area contributed by atoms with Crippen molar-refractivity contribution in [1.82, 2.24) is 4.98 Å². The molecule has 3 nitrogen and oxygen atoms in total. The van der Waals surface area contributed by atoms with E-state index in [1.54, 1.807) is 11.3 Å². The summed E-state index contributed by atoms with van der Waals surface area (Å²) in [6, 6.07) is 6.27. The minimum Gasteiger partial charge on any atom is -0.385 e. The predicted molar refractivity (Wildman–Crippen MR) is 63.3 cm³/mol. The lowest BCUT2D eigenvalue weighted by atomic mass is 10.3. The summed E-state index contributed by atoms with van der Waals surface area (Å²) in [6.45, 7) is 3.03. The first-order chi connectivity index (χ1) is 6.83. The van der Waals surface area contributed by atoms with E-state index < -0.39 is 0 Å². The average molecular weight is 207 g/mol. The van der Waals surface area contributed by atoms with E-state index in [-0.39, 0.29) is 0 Å². The van der Waals surface area contributed by atoms with Crippen LogP contribution < -0.4 is 10.6 Å². The number of anilines is 2. The molecule has 2 aromatic rings. The Labute approximate surface area is 87.2 Å². The van der Waals surface area contributed by atoms with Crippen LogP contribution in [0.1, 0.15) is 6.92 Å². The normalized spacial score (nSPS) is 10.4. The van der Waals surface area contributed by atoms with Gasteiger partial charge in [0.25, 0.3) is 0 Å². The van der Waals surface area contributed by atoms with Crippen LogP contribution >= 0.6 is 11.3 Å². The van der Waals surface area contributed by atoms with E-state index in [0.29, 0.717) is 0 Å². The van der Waals surface area contributed by atoms with Crippen molar-refractivity contribution < 1.29 is 0 Å². The summed E-state index contributed by atoms with van der Waals surface area (Å²) in [5.74, 6) is 0. The van der Waals surface area contributed by atoms with E-state index >= 15 is 0 Å². The highest BCUT2D eigenvalue weighted by atomic mass is 32.1. The van der Waals surface area contributed by atoms with Crippen LogP contribution in [0.15, 0.2) is 18.2 Å². The van der Waals surface area contributed by atoms with E-state index in [9.17, 15) is 0 Å². The summed E-state index contributed by atoms with van der Waals surface area (Å²) in [6.07, 6.45) is 0. The van der Waals surface area contributed by atoms with Crippen LogP contribution in [-0.2, 0) is 0 Å². The molecule has 1 aromatic heterocycles. The van der Waals surface area contributed by atoms with Crippen molar-refractivity contribution in [2.75, 3.05) is 24.2 Å². The number of benzene rings is 1. The molecule has 0 saturated carbocycles. The molecule has 14 heavy (non-hydrogen) atoms. The molecular formula is C10H13N3S. The minimum absolute atomic E-state index is 0.939. The van der Waals surface area contributed by atoms with E-state index in [1.165, 1.54) is 4.70 Å². The second kappa shape index (κ2) is 3.84. The Morgan fingerprint density at radius 1 is 1.43 bits per heavy atom. The van der Waals surface area contributed by atoms with Gasteiger partial charge >= 0.3 is 0 Å². The molecule has 74 valence electrons. The Morgan fingerprint density at radius 2 is 2.29 bits per heavy atom. The zero-order chi connectivity index (χ0) is 9.97. The van der Waals surface area contributed by atoms with Gasteiger partial charge < -0.3 is 10.6 Å². The number of aromatic nitrogens is 1. The van der Waals surface area contributed by atoms with Crippen LogP contribution in [0.5, 0.6) is 0 Å². The van der Waals surface area contributed by atoms with Crippen LogP contribution in [0, 0.1) is 0 Å². The number of hydrogen-bond donors (Lipinski definition) is 2. The van der Waals surface area contributed by atoms with Crippen molar-refractivity contribution in [2.45, 2.75) is 6.92 Å². The zero-order valence-electron chi connectivity index (χ0n) is 8.29. The fraction of sp³-hybridized carbons (Fsp3) is 0.300. The maximum Gasteiger partial charge on any atom is 0.183 e. The number of nitrogens with one attached hydrogen (secondary N) is 2. The Hall–Kier alpha value is -1.29. The first-order valence-electron chi connectivity index (χ1n) is 4.65. The van der Waals surface area contributed by atoms with Crippen LogP contribution in [0.25, 0.3) is 10.2 Å². The molecule has 0 spiro atoms. The van der Waals surface area contributed by atoms with Gasteiger partial charge in [-0.15, -0.1) is 0 Å². The molecule has 0 aliphatic rings. The number of thiazole rings is 1. The molecule has 2 rings (SSSR count). The van der Waals surface area contributed by atoms with E-state index in [4.69, 9.17) is 0 Å². The van der Waals surface area contributed by atoms with Crippen molar-refractivity contribution >= 4 is 32.4 Å². The van der Waals surface area contributed by atoms with Gasteiger partial charge in [-0.1, -0.05) is 11.3 Å². The summed E-state index contributed by atoms with van der Waals surface area (Å²) >= 11 is 1.67. The van der Waals surface area contributed by atoms with Crippen LogP contribution in [-0.4, -0.2) is 18.6 Å². The van der Waals surface area contributed by atoms with Crippen molar-refractivity contribution in [2.24, 2.45) is 0 Å². The maximum absolute atomic E-state index is 4.44. The summed E-state index contributed by atoms with van der Waals surface area (Å²) in [5.41, 5.74) is 2.19. The van der Waals surface area contributed by atoms with Gasteiger partial charge in [0.2, 0.25) is 0 Å². The largest absolute Gasteiger partial charge is 0.385 e. The standard InChI is InChI=1S/C10H13N3S/c1-3-12-7-4-5-9-8(6-7)13-10(11-2)14-9/h4-6,12H,3H2,1-2H3,(H,11,13). The first kappa shape index (κ1) is 9.27. The van der Waals surface area contributed by atoms with Gasteiger partial charge in [-0.2, -0.15) is 0 Å². The van der Waals surface area contributed by atoms with Crippen molar-refractivity contribution in [1.29, 1.82) is 0 Å². The highest BCUT2D eigenvalue weighted by molar-refractivity contribution is 7.22. The Morgan fingerprint density at radius 3 is 3.00 bits per heavy atom. The van der Waals surface area contributed by atoms with Crippen LogP contribution in [0.4, 0.5) is 10.8 Å². The van der Waals surface area contributed by atoms with E-state index in [0.717, 1.165) is 22.9 Å². The molecule has 0 bridgehead atoms. The summed E-state index contributed by atoms with van der Waals surface area (Å²) in [7, 11) is 1.89. The van der Waals surface area contributed by atoms with Crippen molar-refractivity contribution in [3.8, 4) is 0 Å². The monoisotopic (exact) mass is 207 g/mol. The van der Waals surface area contributed by atoms with Gasteiger partial charge in [0.05, 0.1) is 10.2 Å².